The van der Waals surface area contributed by atoms with Gasteiger partial charge in [-0.2, -0.15) is 0 Å². The van der Waals surface area contributed by atoms with Crippen molar-refractivity contribution in [3.63, 3.8) is 0 Å². The van der Waals surface area contributed by atoms with Crippen LogP contribution in [-0.2, 0) is 47.8 Å². The molecule has 55 heavy (non-hydrogen) atoms. The first-order valence-corrected chi connectivity index (χ1v) is 20.3. The molecule has 0 aromatic heterocycles. The SMILES string of the molecule is C=O.C=O.C=O.C=O.C=O.C=O.C=O.C=O.CCCCCCCCCCCCC(CCCCCCCCCC)COCCOCCCCCCCCCC=[OH+]. The Morgan fingerprint density at radius 2 is 0.636 bits per heavy atom. The van der Waals surface area contributed by atoms with Gasteiger partial charge in [0.25, 0.3) is 6.29 Å². The molecule has 0 bridgehead atoms. The Hall–Kier alpha value is -3.05. The van der Waals surface area contributed by atoms with Crippen LogP contribution in [0.1, 0.15) is 194 Å². The smallest absolute Gasteiger partial charge is 0.281 e. The van der Waals surface area contributed by atoms with Crippen molar-refractivity contribution in [1.82, 2.24) is 0 Å². The predicted molar refractivity (Wildman–Crippen MR) is 231 cm³/mol. The molecule has 0 saturated heterocycles. The van der Waals surface area contributed by atoms with Crippen LogP contribution in [0.2, 0.25) is 0 Å². The van der Waals surface area contributed by atoms with Crippen LogP contribution in [0.3, 0.4) is 0 Å². The van der Waals surface area contributed by atoms with Gasteiger partial charge in [0.1, 0.15) is 54.3 Å². The molecule has 11 heteroatoms. The van der Waals surface area contributed by atoms with E-state index in [1.54, 1.807) is 0 Å². The standard InChI is InChI=1S/C36H72O3.8CH2O/c1-3-5-7-9-11-13-14-18-22-26-30-36(29-25-21-17-12-10-8-6-4-2)35-39-34-33-38-32-28-24-20-16-15-19-23-27-31-37;8*1-2/h31,36H,3-30,32-35H2,1-2H3;8*1H2/p+1. The summed E-state index contributed by atoms with van der Waals surface area (Å²) in [5.41, 5.74) is 0. The largest absolute Gasteiger partial charge is 0.379 e. The molecule has 0 radical (unpaired) electrons. The number of ether oxygens (including phenoxy) is 2. The molecule has 330 valence electrons. The Morgan fingerprint density at radius 3 is 0.964 bits per heavy atom. The first-order valence-electron chi connectivity index (χ1n) is 20.3. The fourth-order valence-electron chi connectivity index (χ4n) is 5.59. The van der Waals surface area contributed by atoms with Gasteiger partial charge in [-0.1, -0.05) is 162 Å². The number of carbonyl (C=O) groups excluding carboxylic acids is 9. The fraction of sp³-hybridized carbons (Fsp3) is 0.795. The summed E-state index contributed by atoms with van der Waals surface area (Å²) in [4.78, 5) is 72.7. The zero-order valence-electron chi connectivity index (χ0n) is 36.0. The number of carbonyl (C=O) groups is 8. The molecule has 0 heterocycles. The predicted octanol–water partition coefficient (Wildman–Crippen LogP) is 10.3. The Morgan fingerprint density at radius 1 is 0.364 bits per heavy atom. The van der Waals surface area contributed by atoms with Crippen molar-refractivity contribution in [2.45, 2.75) is 194 Å². The van der Waals surface area contributed by atoms with Crippen LogP contribution in [0.4, 0.5) is 0 Å². The molecule has 0 aromatic rings. The van der Waals surface area contributed by atoms with Gasteiger partial charge >= 0.3 is 0 Å². The maximum absolute atomic E-state index is 8.69. The van der Waals surface area contributed by atoms with Crippen LogP contribution >= 0.6 is 0 Å². The lowest BCUT2D eigenvalue weighted by Crippen LogP contribution is -2.13. The number of aldehydes is 1. The number of rotatable bonds is 35. The highest BCUT2D eigenvalue weighted by atomic mass is 16.5. The lowest BCUT2D eigenvalue weighted by Gasteiger charge is -2.17. The van der Waals surface area contributed by atoms with Gasteiger partial charge in [0.05, 0.1) is 19.6 Å². The number of hydrogen-bond donors (Lipinski definition) is 0. The molecule has 11 nitrogen and oxygen atoms in total. The van der Waals surface area contributed by atoms with E-state index in [-0.39, 0.29) is 0 Å². The third kappa shape index (κ3) is 99.9. The van der Waals surface area contributed by atoms with Gasteiger partial charge in [0.15, 0.2) is 0 Å². The third-order valence-electron chi connectivity index (χ3n) is 8.28. The van der Waals surface area contributed by atoms with E-state index in [1.807, 2.05) is 54.3 Å². The van der Waals surface area contributed by atoms with Crippen LogP contribution in [-0.4, -0.2) is 91.8 Å². The summed E-state index contributed by atoms with van der Waals surface area (Å²) in [5.74, 6) is 0.745. The monoisotopic (exact) mass is 794 g/mol. The summed E-state index contributed by atoms with van der Waals surface area (Å²) in [6, 6.07) is 0. The molecule has 1 N–H and O–H groups in total. The summed E-state index contributed by atoms with van der Waals surface area (Å²) < 4.78 is 11.9. The minimum absolute atomic E-state index is 0.745. The topological polar surface area (TPSA) is 176 Å². The molecule has 1 unspecified atom stereocenters. The first kappa shape index (κ1) is 73.1. The van der Waals surface area contributed by atoms with Crippen LogP contribution in [0, 0.1) is 5.92 Å². The molecule has 0 aliphatic carbocycles. The van der Waals surface area contributed by atoms with Crippen molar-refractivity contribution in [2.75, 3.05) is 26.4 Å². The van der Waals surface area contributed by atoms with Gasteiger partial charge in [-0.15, -0.1) is 0 Å². The molecule has 0 aliphatic rings. The summed E-state index contributed by atoms with van der Waals surface area (Å²) in [5, 5.41) is 0. The van der Waals surface area contributed by atoms with E-state index in [2.05, 4.69) is 13.8 Å². The van der Waals surface area contributed by atoms with Crippen molar-refractivity contribution < 1.29 is 52.6 Å². The second kappa shape index (κ2) is 104. The van der Waals surface area contributed by atoms with E-state index in [9.17, 15) is 0 Å². The summed E-state index contributed by atoms with van der Waals surface area (Å²) >= 11 is 0. The maximum atomic E-state index is 8.69. The van der Waals surface area contributed by atoms with E-state index in [0.29, 0.717) is 0 Å². The highest BCUT2D eigenvalue weighted by molar-refractivity contribution is 5.50. The minimum atomic E-state index is 0.745. The summed E-state index contributed by atoms with van der Waals surface area (Å²) in [7, 11) is 0. The Kier molecular flexibility index (Phi) is 138. The first-order chi connectivity index (χ1) is 27.3. The van der Waals surface area contributed by atoms with Gasteiger partial charge in [0, 0.05) is 13.2 Å². The van der Waals surface area contributed by atoms with E-state index in [1.165, 1.54) is 173 Å². The average Bonchev–Trinajstić information content (AvgIpc) is 3.27. The summed E-state index contributed by atoms with van der Waals surface area (Å²) in [6.07, 6.45) is 39.0. The molecule has 0 aromatic carbocycles. The quantitative estimate of drug-likeness (QED) is 0.0341. The lowest BCUT2D eigenvalue weighted by molar-refractivity contribution is -0.0987. The average molecular weight is 794 g/mol. The van der Waals surface area contributed by atoms with Crippen molar-refractivity contribution in [3.05, 3.63) is 0 Å². The van der Waals surface area contributed by atoms with Crippen LogP contribution in [0.15, 0.2) is 0 Å². The highest BCUT2D eigenvalue weighted by Gasteiger charge is 2.09. The normalized spacial score (nSPS) is 9.27. The molecule has 0 saturated carbocycles. The number of hydrogen-bond acceptors (Lipinski definition) is 10. The van der Waals surface area contributed by atoms with Crippen molar-refractivity contribution in [2.24, 2.45) is 5.92 Å². The lowest BCUT2D eigenvalue weighted by atomic mass is 9.94. The maximum Gasteiger partial charge on any atom is 0.281 e. The second-order valence-corrected chi connectivity index (χ2v) is 12.2. The fourth-order valence-corrected chi connectivity index (χ4v) is 5.59. The van der Waals surface area contributed by atoms with E-state index in [0.717, 1.165) is 45.2 Å². The molecule has 0 amide bonds. The van der Waals surface area contributed by atoms with Gasteiger partial charge < -0.3 is 47.8 Å². The van der Waals surface area contributed by atoms with Crippen LogP contribution in [0.5, 0.6) is 0 Å². The van der Waals surface area contributed by atoms with Gasteiger partial charge in [-0.3, -0.25) is 4.79 Å². The van der Waals surface area contributed by atoms with E-state index < -0.39 is 0 Å². The third-order valence-corrected chi connectivity index (χ3v) is 8.28. The van der Waals surface area contributed by atoms with Gasteiger partial charge in [-0.25, -0.2) is 0 Å². The Bertz CT molecular complexity index is 550. The molecule has 0 fully saturated rings. The number of unbranched alkanes of at least 4 members (excludes halogenated alkanes) is 23. The van der Waals surface area contributed by atoms with Crippen molar-refractivity contribution >= 4 is 60.6 Å². The van der Waals surface area contributed by atoms with Crippen molar-refractivity contribution in [1.29, 1.82) is 0 Å². The highest BCUT2D eigenvalue weighted by Crippen LogP contribution is 2.20. The molecule has 0 spiro atoms. The van der Waals surface area contributed by atoms with Crippen molar-refractivity contribution in [3.8, 4) is 0 Å². The van der Waals surface area contributed by atoms with E-state index in [4.69, 9.17) is 52.6 Å². The second-order valence-electron chi connectivity index (χ2n) is 12.2. The van der Waals surface area contributed by atoms with Gasteiger partial charge in [-0.05, 0) is 31.6 Å². The minimum Gasteiger partial charge on any atom is -0.379 e. The Balaban J connectivity index is -0.000000166. The zero-order valence-corrected chi connectivity index (χ0v) is 36.0. The Labute approximate surface area is 338 Å². The molecule has 0 aliphatic heterocycles. The molecular weight excluding hydrogens is 704 g/mol. The van der Waals surface area contributed by atoms with Crippen LogP contribution < -0.4 is 0 Å². The van der Waals surface area contributed by atoms with E-state index >= 15 is 0 Å². The molecular formula is C44H89O11+. The molecule has 0 rings (SSSR count). The molecule has 1 atom stereocenters. The zero-order chi connectivity index (χ0) is 44.3. The van der Waals surface area contributed by atoms with Crippen LogP contribution in [0.25, 0.3) is 0 Å². The summed E-state index contributed by atoms with van der Waals surface area (Å²) in [6.45, 7) is 23.9. The van der Waals surface area contributed by atoms with Gasteiger partial charge in [0.2, 0.25) is 0 Å².